The van der Waals surface area contributed by atoms with Gasteiger partial charge in [0.25, 0.3) is 0 Å². The summed E-state index contributed by atoms with van der Waals surface area (Å²) in [6.45, 7) is 5.64. The van der Waals surface area contributed by atoms with Gasteiger partial charge in [-0.15, -0.1) is 0 Å². The smallest absolute Gasteiger partial charge is 0.322 e. The van der Waals surface area contributed by atoms with E-state index >= 15 is 0 Å². The summed E-state index contributed by atoms with van der Waals surface area (Å²) in [6.07, 6.45) is 2.91. The molecule has 1 aromatic carbocycles. The van der Waals surface area contributed by atoms with E-state index in [9.17, 15) is 19.1 Å². The Kier molecular flexibility index (Phi) is 4.65. The molecule has 30 heavy (non-hydrogen) atoms. The summed E-state index contributed by atoms with van der Waals surface area (Å²) in [6, 6.07) is 5.57. The number of halogens is 1. The Morgan fingerprint density at radius 1 is 1.17 bits per heavy atom. The van der Waals surface area contributed by atoms with Crippen LogP contribution in [0.5, 0.6) is 5.75 Å². The van der Waals surface area contributed by atoms with Crippen molar-refractivity contribution in [3.63, 3.8) is 0 Å². The Balaban J connectivity index is 2.15. The van der Waals surface area contributed by atoms with E-state index in [2.05, 4.69) is 19.9 Å². The Bertz CT molecular complexity index is 1390. The van der Waals surface area contributed by atoms with E-state index in [1.807, 2.05) is 13.8 Å². The third kappa shape index (κ3) is 3.04. The van der Waals surface area contributed by atoms with Crippen molar-refractivity contribution in [1.82, 2.24) is 24.5 Å². The molecule has 9 heteroatoms. The molecule has 0 bridgehead atoms. The quantitative estimate of drug-likeness (QED) is 0.505. The fourth-order valence-electron chi connectivity index (χ4n) is 3.35. The maximum absolute atomic E-state index is 14.4. The standard InChI is InChI=1S/C21H18FN5O3/c1-10(2)16-17(11(3)7-8-23-16)27-19-13(25-20(29)21(27)30)9-24-18(26-19)15-12(22)5-4-6-14(15)28/h4-10,28H,1-3H3,(H,25,29). The highest BCUT2D eigenvalue weighted by Gasteiger charge is 2.21. The van der Waals surface area contributed by atoms with Gasteiger partial charge in [-0.1, -0.05) is 19.9 Å². The number of aromatic nitrogens is 5. The lowest BCUT2D eigenvalue weighted by atomic mass is 10.0. The van der Waals surface area contributed by atoms with E-state index in [4.69, 9.17) is 0 Å². The zero-order valence-corrected chi connectivity index (χ0v) is 16.5. The summed E-state index contributed by atoms with van der Waals surface area (Å²) in [5.41, 5.74) is 0.151. The molecule has 152 valence electrons. The van der Waals surface area contributed by atoms with Crippen LogP contribution in [0.15, 0.2) is 46.2 Å². The van der Waals surface area contributed by atoms with Crippen LogP contribution < -0.4 is 11.1 Å². The molecule has 4 rings (SSSR count). The maximum Gasteiger partial charge on any atom is 0.322 e. The topological polar surface area (TPSA) is 114 Å². The molecule has 3 aromatic heterocycles. The number of pyridine rings is 1. The highest BCUT2D eigenvalue weighted by atomic mass is 19.1. The second-order valence-electron chi connectivity index (χ2n) is 7.18. The predicted octanol–water partition coefficient (Wildman–Crippen LogP) is 2.81. The Hall–Kier alpha value is -3.88. The highest BCUT2D eigenvalue weighted by Crippen LogP contribution is 2.30. The monoisotopic (exact) mass is 407 g/mol. The number of phenolic OH excluding ortho intramolecular Hbond substituents is 1. The summed E-state index contributed by atoms with van der Waals surface area (Å²) >= 11 is 0. The molecule has 0 saturated carbocycles. The number of aromatic amines is 1. The second kappa shape index (κ2) is 7.18. The molecule has 0 aliphatic heterocycles. The van der Waals surface area contributed by atoms with Gasteiger partial charge in [-0.2, -0.15) is 0 Å². The number of benzene rings is 1. The van der Waals surface area contributed by atoms with Crippen LogP contribution in [0.3, 0.4) is 0 Å². The molecule has 3 heterocycles. The van der Waals surface area contributed by atoms with Crippen molar-refractivity contribution < 1.29 is 9.50 Å². The first kappa shape index (κ1) is 19.4. The van der Waals surface area contributed by atoms with Gasteiger partial charge in [0.15, 0.2) is 11.5 Å². The number of fused-ring (bicyclic) bond motifs is 1. The van der Waals surface area contributed by atoms with Crippen LogP contribution in [-0.4, -0.2) is 29.6 Å². The summed E-state index contributed by atoms with van der Waals surface area (Å²) < 4.78 is 15.5. The Morgan fingerprint density at radius 3 is 2.63 bits per heavy atom. The summed E-state index contributed by atoms with van der Waals surface area (Å²) in [5, 5.41) is 10.1. The maximum atomic E-state index is 14.4. The number of hydrogen-bond donors (Lipinski definition) is 2. The summed E-state index contributed by atoms with van der Waals surface area (Å²) in [5.74, 6) is -1.22. The minimum absolute atomic E-state index is 0.0435. The normalized spacial score (nSPS) is 11.4. The fourth-order valence-corrected chi connectivity index (χ4v) is 3.35. The van der Waals surface area contributed by atoms with Gasteiger partial charge in [0.05, 0.1) is 23.1 Å². The minimum atomic E-state index is -0.845. The van der Waals surface area contributed by atoms with Crippen molar-refractivity contribution in [2.24, 2.45) is 0 Å². The molecule has 0 amide bonds. The zero-order chi connectivity index (χ0) is 21.6. The van der Waals surface area contributed by atoms with Gasteiger partial charge < -0.3 is 10.1 Å². The molecule has 0 aliphatic rings. The SMILES string of the molecule is Cc1ccnc(C(C)C)c1-n1c(=O)c(=O)[nH]c2cnc(-c3c(O)cccc3F)nc21. The largest absolute Gasteiger partial charge is 0.507 e. The number of nitrogens with one attached hydrogen (secondary N) is 1. The lowest BCUT2D eigenvalue weighted by Crippen LogP contribution is -2.37. The molecule has 0 radical (unpaired) electrons. The molecule has 2 N–H and O–H groups in total. The third-order valence-corrected chi connectivity index (χ3v) is 4.77. The Morgan fingerprint density at radius 2 is 1.93 bits per heavy atom. The molecule has 0 fully saturated rings. The lowest BCUT2D eigenvalue weighted by Gasteiger charge is -2.17. The van der Waals surface area contributed by atoms with Gasteiger partial charge in [0.1, 0.15) is 17.1 Å². The number of hydrogen-bond acceptors (Lipinski definition) is 6. The first-order valence-electron chi connectivity index (χ1n) is 9.25. The summed E-state index contributed by atoms with van der Waals surface area (Å²) in [7, 11) is 0. The molecule has 4 aromatic rings. The van der Waals surface area contributed by atoms with Crippen LogP contribution in [0.2, 0.25) is 0 Å². The molecular formula is C21H18FN5O3. The fraction of sp³-hybridized carbons (Fsp3) is 0.190. The van der Waals surface area contributed by atoms with Crippen molar-refractivity contribution >= 4 is 11.2 Å². The second-order valence-corrected chi connectivity index (χ2v) is 7.18. The molecule has 0 saturated heterocycles. The van der Waals surface area contributed by atoms with Crippen molar-refractivity contribution in [2.45, 2.75) is 26.7 Å². The average molecular weight is 407 g/mol. The van der Waals surface area contributed by atoms with Gasteiger partial charge >= 0.3 is 11.1 Å². The highest BCUT2D eigenvalue weighted by molar-refractivity contribution is 5.76. The zero-order valence-electron chi connectivity index (χ0n) is 16.5. The Labute approximate surface area is 169 Å². The number of phenols is 1. The van der Waals surface area contributed by atoms with Crippen molar-refractivity contribution in [2.75, 3.05) is 0 Å². The van der Waals surface area contributed by atoms with Crippen LogP contribution in [0.25, 0.3) is 28.2 Å². The van der Waals surface area contributed by atoms with E-state index in [0.717, 1.165) is 5.56 Å². The summed E-state index contributed by atoms with van der Waals surface area (Å²) in [4.78, 5) is 40.5. The van der Waals surface area contributed by atoms with Crippen LogP contribution in [0.1, 0.15) is 31.0 Å². The average Bonchev–Trinajstić information content (AvgIpc) is 2.69. The number of aromatic hydroxyl groups is 1. The van der Waals surface area contributed by atoms with E-state index < -0.39 is 16.9 Å². The molecule has 0 atom stereocenters. The lowest BCUT2D eigenvalue weighted by molar-refractivity contribution is 0.471. The van der Waals surface area contributed by atoms with Gasteiger partial charge in [-0.05, 0) is 36.6 Å². The van der Waals surface area contributed by atoms with E-state index in [0.29, 0.717) is 11.4 Å². The van der Waals surface area contributed by atoms with Crippen LogP contribution in [0, 0.1) is 12.7 Å². The van der Waals surface area contributed by atoms with Gasteiger partial charge in [-0.25, -0.2) is 14.4 Å². The van der Waals surface area contributed by atoms with Crippen LogP contribution in [0.4, 0.5) is 4.39 Å². The predicted molar refractivity (Wildman–Crippen MR) is 109 cm³/mol. The van der Waals surface area contributed by atoms with E-state index in [-0.39, 0.29) is 34.2 Å². The van der Waals surface area contributed by atoms with Crippen molar-refractivity contribution in [3.8, 4) is 22.8 Å². The van der Waals surface area contributed by atoms with Crippen LogP contribution >= 0.6 is 0 Å². The molecule has 0 spiro atoms. The van der Waals surface area contributed by atoms with Crippen molar-refractivity contribution in [3.05, 3.63) is 74.4 Å². The van der Waals surface area contributed by atoms with Gasteiger partial charge in [0.2, 0.25) is 0 Å². The number of aryl methyl sites for hydroxylation is 1. The van der Waals surface area contributed by atoms with E-state index in [1.54, 1.807) is 19.2 Å². The number of nitrogens with zero attached hydrogens (tertiary/aromatic N) is 4. The molecule has 0 unspecified atom stereocenters. The minimum Gasteiger partial charge on any atom is -0.507 e. The number of rotatable bonds is 3. The molecule has 8 nitrogen and oxygen atoms in total. The molecule has 0 aliphatic carbocycles. The van der Waals surface area contributed by atoms with Gasteiger partial charge in [0, 0.05) is 6.20 Å². The number of H-pyrrole nitrogens is 1. The van der Waals surface area contributed by atoms with E-state index in [1.165, 1.54) is 29.0 Å². The third-order valence-electron chi connectivity index (χ3n) is 4.77. The van der Waals surface area contributed by atoms with Gasteiger partial charge in [-0.3, -0.25) is 19.1 Å². The van der Waals surface area contributed by atoms with Crippen molar-refractivity contribution in [1.29, 1.82) is 0 Å². The first-order chi connectivity index (χ1) is 14.3. The first-order valence-corrected chi connectivity index (χ1v) is 9.25. The molecular weight excluding hydrogens is 389 g/mol. The van der Waals surface area contributed by atoms with Crippen LogP contribution in [-0.2, 0) is 0 Å².